The van der Waals surface area contributed by atoms with Crippen LogP contribution in [0.25, 0.3) is 11.0 Å². The maximum Gasteiger partial charge on any atom is 0.166 e. The molecule has 1 aromatic carbocycles. The number of thioether (sulfide) groups is 1. The average Bonchev–Trinajstić information content (AvgIpc) is 2.68. The Morgan fingerprint density at radius 1 is 1.38 bits per heavy atom. The second-order valence-corrected chi connectivity index (χ2v) is 5.03. The molecule has 0 fully saturated rings. The summed E-state index contributed by atoms with van der Waals surface area (Å²) in [5.74, 6) is 0. The summed E-state index contributed by atoms with van der Waals surface area (Å²) < 4.78 is 5.72. The van der Waals surface area contributed by atoms with E-state index in [1.165, 1.54) is 17.7 Å². The quantitative estimate of drug-likeness (QED) is 0.655. The molecule has 0 saturated carbocycles. The fourth-order valence-electron chi connectivity index (χ4n) is 1.58. The predicted octanol–water partition coefficient (Wildman–Crippen LogP) is 5.23. The Labute approximate surface area is 101 Å². The van der Waals surface area contributed by atoms with Gasteiger partial charge in [0.2, 0.25) is 0 Å². The first-order chi connectivity index (χ1) is 7.79. The van der Waals surface area contributed by atoms with Crippen LogP contribution in [0.4, 0.5) is 0 Å². The first-order valence-electron chi connectivity index (χ1n) is 5.64. The Hall–Kier alpha value is -1.15. The monoisotopic (exact) mass is 232 g/mol. The van der Waals surface area contributed by atoms with E-state index < -0.39 is 0 Å². The summed E-state index contributed by atoms with van der Waals surface area (Å²) >= 11 is 1.65. The Morgan fingerprint density at radius 2 is 2.19 bits per heavy atom. The number of unbranched alkanes of at least 4 members (excludes halogenated alkanes) is 1. The van der Waals surface area contributed by atoms with Crippen molar-refractivity contribution in [2.75, 3.05) is 0 Å². The van der Waals surface area contributed by atoms with Crippen molar-refractivity contribution in [1.29, 1.82) is 0 Å². The molecule has 0 aliphatic rings. The lowest BCUT2D eigenvalue weighted by atomic mass is 10.2. The molecule has 0 aliphatic carbocycles. The van der Waals surface area contributed by atoms with Crippen LogP contribution in [0, 0.1) is 0 Å². The molecular weight excluding hydrogens is 216 g/mol. The highest BCUT2D eigenvalue weighted by atomic mass is 32.2. The van der Waals surface area contributed by atoms with Crippen LogP contribution < -0.4 is 0 Å². The second kappa shape index (κ2) is 5.26. The van der Waals surface area contributed by atoms with Gasteiger partial charge in [0.05, 0.1) is 0 Å². The highest BCUT2D eigenvalue weighted by Crippen LogP contribution is 2.33. The van der Waals surface area contributed by atoms with Crippen molar-refractivity contribution in [3.05, 3.63) is 41.8 Å². The minimum absolute atomic E-state index is 0.947. The van der Waals surface area contributed by atoms with Crippen LogP contribution in [0.1, 0.15) is 26.2 Å². The topological polar surface area (TPSA) is 13.1 Å². The van der Waals surface area contributed by atoms with Crippen molar-refractivity contribution in [3.63, 3.8) is 0 Å². The molecule has 2 rings (SSSR count). The van der Waals surface area contributed by atoms with Gasteiger partial charge in [-0.15, -0.1) is 0 Å². The maximum atomic E-state index is 5.72. The van der Waals surface area contributed by atoms with E-state index in [-0.39, 0.29) is 0 Å². The van der Waals surface area contributed by atoms with Crippen LogP contribution in [0.2, 0.25) is 0 Å². The van der Waals surface area contributed by atoms with Gasteiger partial charge in [-0.3, -0.25) is 0 Å². The van der Waals surface area contributed by atoms with Crippen LogP contribution in [0.5, 0.6) is 0 Å². The molecule has 0 atom stereocenters. The van der Waals surface area contributed by atoms with Crippen molar-refractivity contribution < 1.29 is 4.42 Å². The standard InChI is InChI=1S/C14H16OS/c1-3-4-7-11(2)16-14-10-12-8-5-6-9-13(12)15-14/h5-6,8-10H,2-4,7H2,1H3. The van der Waals surface area contributed by atoms with Crippen LogP contribution in [-0.4, -0.2) is 0 Å². The lowest BCUT2D eigenvalue weighted by Gasteiger charge is -2.00. The SMILES string of the molecule is C=C(CCCC)Sc1cc2ccccc2o1. The molecule has 0 spiro atoms. The fraction of sp³-hybridized carbons (Fsp3) is 0.286. The van der Waals surface area contributed by atoms with Gasteiger partial charge >= 0.3 is 0 Å². The first-order valence-corrected chi connectivity index (χ1v) is 6.45. The lowest BCUT2D eigenvalue weighted by molar-refractivity contribution is 0.515. The molecule has 2 aromatic rings. The Morgan fingerprint density at radius 3 is 2.94 bits per heavy atom. The van der Waals surface area contributed by atoms with E-state index in [1.807, 2.05) is 18.2 Å². The third-order valence-electron chi connectivity index (χ3n) is 2.46. The summed E-state index contributed by atoms with van der Waals surface area (Å²) in [5.41, 5.74) is 0.952. The number of fused-ring (bicyclic) bond motifs is 1. The second-order valence-electron chi connectivity index (χ2n) is 3.85. The summed E-state index contributed by atoms with van der Waals surface area (Å²) in [6.07, 6.45) is 3.48. The number of rotatable bonds is 5. The molecule has 1 nitrogen and oxygen atoms in total. The molecular formula is C14H16OS. The summed E-state index contributed by atoms with van der Waals surface area (Å²) in [6, 6.07) is 10.2. The molecule has 0 saturated heterocycles. The summed E-state index contributed by atoms with van der Waals surface area (Å²) in [6.45, 7) is 6.25. The number of benzene rings is 1. The minimum Gasteiger partial charge on any atom is -0.450 e. The molecule has 2 heteroatoms. The molecule has 0 radical (unpaired) electrons. The van der Waals surface area contributed by atoms with E-state index in [0.717, 1.165) is 22.5 Å². The normalized spacial score (nSPS) is 10.8. The van der Waals surface area contributed by atoms with Crippen LogP contribution in [-0.2, 0) is 0 Å². The van der Waals surface area contributed by atoms with Gasteiger partial charge in [-0.25, -0.2) is 0 Å². The van der Waals surface area contributed by atoms with E-state index in [4.69, 9.17) is 4.42 Å². The summed E-state index contributed by atoms with van der Waals surface area (Å²) in [5, 5.41) is 2.11. The Balaban J connectivity index is 2.07. The van der Waals surface area contributed by atoms with Crippen LogP contribution in [0.15, 0.2) is 51.3 Å². The zero-order valence-electron chi connectivity index (χ0n) is 9.53. The molecule has 0 unspecified atom stereocenters. The maximum absolute atomic E-state index is 5.72. The van der Waals surface area contributed by atoms with Gasteiger partial charge in [0.1, 0.15) is 5.58 Å². The highest BCUT2D eigenvalue weighted by molar-refractivity contribution is 8.02. The van der Waals surface area contributed by atoms with Gasteiger partial charge in [-0.05, 0) is 29.9 Å². The number of allylic oxidation sites excluding steroid dienone is 1. The largest absolute Gasteiger partial charge is 0.450 e. The molecule has 0 N–H and O–H groups in total. The van der Waals surface area contributed by atoms with Gasteiger partial charge in [-0.1, -0.05) is 49.9 Å². The number of hydrogen-bond acceptors (Lipinski definition) is 2. The molecule has 84 valence electrons. The van der Waals surface area contributed by atoms with E-state index >= 15 is 0 Å². The fourth-order valence-corrected chi connectivity index (χ4v) is 2.42. The third-order valence-corrected chi connectivity index (χ3v) is 3.35. The van der Waals surface area contributed by atoms with Crippen LogP contribution in [0.3, 0.4) is 0 Å². The van der Waals surface area contributed by atoms with Crippen LogP contribution >= 0.6 is 11.8 Å². The van der Waals surface area contributed by atoms with E-state index in [0.29, 0.717) is 0 Å². The third kappa shape index (κ3) is 2.70. The van der Waals surface area contributed by atoms with Gasteiger partial charge in [0.15, 0.2) is 5.09 Å². The Kier molecular flexibility index (Phi) is 3.73. The number of para-hydroxylation sites is 1. The predicted molar refractivity (Wildman–Crippen MR) is 70.7 cm³/mol. The highest BCUT2D eigenvalue weighted by Gasteiger charge is 2.05. The van der Waals surface area contributed by atoms with Gasteiger partial charge < -0.3 is 4.42 Å². The minimum atomic E-state index is 0.947. The lowest BCUT2D eigenvalue weighted by Crippen LogP contribution is -1.75. The smallest absolute Gasteiger partial charge is 0.166 e. The van der Waals surface area contributed by atoms with Crippen molar-refractivity contribution in [2.45, 2.75) is 31.3 Å². The molecule has 1 heterocycles. The van der Waals surface area contributed by atoms with E-state index in [9.17, 15) is 0 Å². The molecule has 0 amide bonds. The Bertz CT molecular complexity index is 451. The van der Waals surface area contributed by atoms with Gasteiger partial charge in [0, 0.05) is 5.39 Å². The average molecular weight is 232 g/mol. The van der Waals surface area contributed by atoms with Crippen molar-refractivity contribution in [3.8, 4) is 0 Å². The van der Waals surface area contributed by atoms with Gasteiger partial charge in [-0.2, -0.15) is 0 Å². The molecule has 0 bridgehead atoms. The van der Waals surface area contributed by atoms with E-state index in [1.54, 1.807) is 11.8 Å². The van der Waals surface area contributed by atoms with Gasteiger partial charge in [0.25, 0.3) is 0 Å². The first kappa shape index (κ1) is 11.3. The van der Waals surface area contributed by atoms with Crippen molar-refractivity contribution in [1.82, 2.24) is 0 Å². The summed E-state index contributed by atoms with van der Waals surface area (Å²) in [7, 11) is 0. The zero-order chi connectivity index (χ0) is 11.4. The number of furan rings is 1. The summed E-state index contributed by atoms with van der Waals surface area (Å²) in [4.78, 5) is 1.18. The zero-order valence-corrected chi connectivity index (χ0v) is 10.3. The molecule has 16 heavy (non-hydrogen) atoms. The number of hydrogen-bond donors (Lipinski definition) is 0. The molecule has 0 aliphatic heterocycles. The van der Waals surface area contributed by atoms with E-state index in [2.05, 4.69) is 25.6 Å². The van der Waals surface area contributed by atoms with Crippen molar-refractivity contribution >= 4 is 22.7 Å². The van der Waals surface area contributed by atoms with Crippen molar-refractivity contribution in [2.24, 2.45) is 0 Å². The molecule has 1 aromatic heterocycles.